The highest BCUT2D eigenvalue weighted by Crippen LogP contribution is 2.29. The van der Waals surface area contributed by atoms with Crippen LogP contribution in [-0.2, 0) is 0 Å². The molecule has 2 aromatic rings. The molecule has 106 valence electrons. The zero-order valence-electron chi connectivity index (χ0n) is 10.4. The second-order valence-electron chi connectivity index (χ2n) is 4.29. The average molecular weight is 285 g/mol. The van der Waals surface area contributed by atoms with E-state index in [0.29, 0.717) is 0 Å². The van der Waals surface area contributed by atoms with E-state index < -0.39 is 29.3 Å². The predicted octanol–water partition coefficient (Wildman–Crippen LogP) is 4.12. The van der Waals surface area contributed by atoms with Crippen molar-refractivity contribution in [3.63, 3.8) is 0 Å². The Kier molecular flexibility index (Phi) is 3.83. The molecule has 0 spiro atoms. The largest absolute Gasteiger partial charge is 0.508 e. The Hall–Kier alpha value is -2.24. The second kappa shape index (κ2) is 5.40. The molecule has 0 aliphatic heterocycles. The summed E-state index contributed by atoms with van der Waals surface area (Å²) in [6.45, 7) is 1.52. The first-order valence-corrected chi connectivity index (χ1v) is 5.78. The maximum atomic E-state index is 13.5. The van der Waals surface area contributed by atoms with E-state index in [2.05, 4.69) is 5.32 Å². The number of anilines is 1. The lowest BCUT2D eigenvalue weighted by Crippen LogP contribution is -2.10. The van der Waals surface area contributed by atoms with Crippen LogP contribution in [-0.4, -0.2) is 5.11 Å². The summed E-state index contributed by atoms with van der Waals surface area (Å²) in [7, 11) is 0. The monoisotopic (exact) mass is 285 g/mol. The quantitative estimate of drug-likeness (QED) is 0.656. The molecule has 0 amide bonds. The highest BCUT2D eigenvalue weighted by atomic mass is 19.2. The van der Waals surface area contributed by atoms with Gasteiger partial charge < -0.3 is 10.4 Å². The van der Waals surface area contributed by atoms with Gasteiger partial charge in [0.05, 0.1) is 11.7 Å². The average Bonchev–Trinajstić information content (AvgIpc) is 2.42. The normalized spacial score (nSPS) is 12.2. The second-order valence-corrected chi connectivity index (χ2v) is 4.29. The SMILES string of the molecule is CC(Nc1ccc(F)c(F)c1F)c1cc(F)ccc1O. The first kappa shape index (κ1) is 14.2. The first-order valence-electron chi connectivity index (χ1n) is 5.78. The standard InChI is InChI=1S/C14H11F4NO/c1-7(9-6-8(15)2-5-12(9)20)19-11-4-3-10(16)13(17)14(11)18/h2-7,19-20H,1H3. The van der Waals surface area contributed by atoms with Gasteiger partial charge in [0.25, 0.3) is 0 Å². The van der Waals surface area contributed by atoms with Crippen LogP contribution in [0.1, 0.15) is 18.5 Å². The fraction of sp³-hybridized carbons (Fsp3) is 0.143. The highest BCUT2D eigenvalue weighted by Gasteiger charge is 2.17. The fourth-order valence-corrected chi connectivity index (χ4v) is 1.82. The number of rotatable bonds is 3. The van der Waals surface area contributed by atoms with Crippen molar-refractivity contribution < 1.29 is 22.7 Å². The fourth-order valence-electron chi connectivity index (χ4n) is 1.82. The number of nitrogens with one attached hydrogen (secondary N) is 1. The Morgan fingerprint density at radius 3 is 2.40 bits per heavy atom. The molecule has 1 unspecified atom stereocenters. The van der Waals surface area contributed by atoms with Crippen molar-refractivity contribution in [3.05, 3.63) is 59.2 Å². The summed E-state index contributed by atoms with van der Waals surface area (Å²) in [5, 5.41) is 12.2. The van der Waals surface area contributed by atoms with E-state index in [9.17, 15) is 22.7 Å². The van der Waals surface area contributed by atoms with Crippen LogP contribution in [0, 0.1) is 23.3 Å². The van der Waals surface area contributed by atoms with Crippen LogP contribution in [0.3, 0.4) is 0 Å². The van der Waals surface area contributed by atoms with Gasteiger partial charge in [-0.2, -0.15) is 0 Å². The van der Waals surface area contributed by atoms with Gasteiger partial charge in [0.1, 0.15) is 11.6 Å². The summed E-state index contributed by atoms with van der Waals surface area (Å²) in [6.07, 6.45) is 0. The number of aromatic hydroxyl groups is 1. The van der Waals surface area contributed by atoms with Gasteiger partial charge in [0, 0.05) is 5.56 Å². The smallest absolute Gasteiger partial charge is 0.196 e. The van der Waals surface area contributed by atoms with E-state index in [1.165, 1.54) is 6.92 Å². The minimum absolute atomic E-state index is 0.175. The number of phenolic OH excluding ortho intramolecular Hbond substituents is 1. The molecular formula is C14H11F4NO. The summed E-state index contributed by atoms with van der Waals surface area (Å²) in [4.78, 5) is 0. The van der Waals surface area contributed by atoms with Gasteiger partial charge in [-0.25, -0.2) is 17.6 Å². The lowest BCUT2D eigenvalue weighted by Gasteiger charge is -2.17. The van der Waals surface area contributed by atoms with Gasteiger partial charge in [-0.1, -0.05) is 0 Å². The lowest BCUT2D eigenvalue weighted by atomic mass is 10.1. The molecule has 0 aliphatic rings. The maximum Gasteiger partial charge on any atom is 0.196 e. The third kappa shape index (κ3) is 2.68. The topological polar surface area (TPSA) is 32.3 Å². The number of phenols is 1. The molecule has 0 bridgehead atoms. The molecule has 2 N–H and O–H groups in total. The van der Waals surface area contributed by atoms with Crippen LogP contribution in [0.15, 0.2) is 30.3 Å². The first-order chi connectivity index (χ1) is 9.40. The molecule has 0 saturated carbocycles. The maximum absolute atomic E-state index is 13.5. The Labute approximate surface area is 112 Å². The molecule has 20 heavy (non-hydrogen) atoms. The Morgan fingerprint density at radius 1 is 1.00 bits per heavy atom. The number of benzene rings is 2. The molecule has 2 aromatic carbocycles. The lowest BCUT2D eigenvalue weighted by molar-refractivity contribution is 0.447. The zero-order chi connectivity index (χ0) is 14.9. The third-order valence-corrected chi connectivity index (χ3v) is 2.86. The van der Waals surface area contributed by atoms with Crippen LogP contribution in [0.2, 0.25) is 0 Å². The van der Waals surface area contributed by atoms with E-state index in [-0.39, 0.29) is 17.0 Å². The highest BCUT2D eigenvalue weighted by molar-refractivity contribution is 5.49. The van der Waals surface area contributed by atoms with Gasteiger partial charge >= 0.3 is 0 Å². The molecule has 6 heteroatoms. The van der Waals surface area contributed by atoms with Crippen molar-refractivity contribution in [2.24, 2.45) is 0 Å². The van der Waals surface area contributed by atoms with Crippen molar-refractivity contribution in [1.29, 1.82) is 0 Å². The van der Waals surface area contributed by atoms with Crippen LogP contribution >= 0.6 is 0 Å². The molecule has 0 saturated heterocycles. The Balaban J connectivity index is 2.30. The molecule has 1 atom stereocenters. The number of hydrogen-bond acceptors (Lipinski definition) is 2. The molecule has 2 rings (SSSR count). The number of hydrogen-bond donors (Lipinski definition) is 2. The Morgan fingerprint density at radius 2 is 1.70 bits per heavy atom. The summed E-state index contributed by atoms with van der Waals surface area (Å²) in [6, 6.07) is 4.41. The van der Waals surface area contributed by atoms with E-state index in [0.717, 1.165) is 30.3 Å². The van der Waals surface area contributed by atoms with Gasteiger partial charge in [-0.05, 0) is 37.3 Å². The third-order valence-electron chi connectivity index (χ3n) is 2.86. The molecule has 0 fully saturated rings. The predicted molar refractivity (Wildman–Crippen MR) is 66.4 cm³/mol. The molecule has 0 aromatic heterocycles. The van der Waals surface area contributed by atoms with Crippen LogP contribution in [0.4, 0.5) is 23.2 Å². The minimum Gasteiger partial charge on any atom is -0.508 e. The van der Waals surface area contributed by atoms with E-state index in [1.807, 2.05) is 0 Å². The number of halogens is 4. The molecule has 0 heterocycles. The van der Waals surface area contributed by atoms with Crippen molar-refractivity contribution >= 4 is 5.69 Å². The Bertz CT molecular complexity index is 645. The van der Waals surface area contributed by atoms with Crippen molar-refractivity contribution in [1.82, 2.24) is 0 Å². The molecule has 2 nitrogen and oxygen atoms in total. The molecule has 0 radical (unpaired) electrons. The van der Waals surface area contributed by atoms with Crippen LogP contribution < -0.4 is 5.32 Å². The van der Waals surface area contributed by atoms with Crippen LogP contribution in [0.5, 0.6) is 5.75 Å². The summed E-state index contributed by atoms with van der Waals surface area (Å²) in [5.41, 5.74) is -0.103. The van der Waals surface area contributed by atoms with E-state index >= 15 is 0 Å². The van der Waals surface area contributed by atoms with Crippen LogP contribution in [0.25, 0.3) is 0 Å². The zero-order valence-corrected chi connectivity index (χ0v) is 10.4. The van der Waals surface area contributed by atoms with Gasteiger partial charge in [-0.15, -0.1) is 0 Å². The van der Waals surface area contributed by atoms with E-state index in [1.54, 1.807) is 0 Å². The summed E-state index contributed by atoms with van der Waals surface area (Å²) in [5.74, 6) is -5.01. The molecule has 0 aliphatic carbocycles. The van der Waals surface area contributed by atoms with Gasteiger partial charge in [0.2, 0.25) is 0 Å². The minimum atomic E-state index is -1.59. The van der Waals surface area contributed by atoms with Gasteiger partial charge in [-0.3, -0.25) is 0 Å². The van der Waals surface area contributed by atoms with Crippen molar-refractivity contribution in [2.45, 2.75) is 13.0 Å². The van der Waals surface area contributed by atoms with Crippen molar-refractivity contribution in [2.75, 3.05) is 5.32 Å². The summed E-state index contributed by atoms with van der Waals surface area (Å²) < 4.78 is 52.5. The van der Waals surface area contributed by atoms with E-state index in [4.69, 9.17) is 0 Å². The summed E-state index contributed by atoms with van der Waals surface area (Å²) >= 11 is 0. The van der Waals surface area contributed by atoms with Crippen molar-refractivity contribution in [3.8, 4) is 5.75 Å². The molecular weight excluding hydrogens is 274 g/mol. The van der Waals surface area contributed by atoms with Gasteiger partial charge in [0.15, 0.2) is 17.5 Å².